The first-order valence-corrected chi connectivity index (χ1v) is 7.21. The van der Waals surface area contributed by atoms with Gasteiger partial charge >= 0.3 is 12.0 Å². The molecule has 1 saturated carbocycles. The number of hydrogen-bond donors (Lipinski definition) is 2. The van der Waals surface area contributed by atoms with Crippen LogP contribution in [-0.4, -0.2) is 53.8 Å². The number of carbonyl (C=O) groups excluding carboxylic acids is 1. The lowest BCUT2D eigenvalue weighted by Gasteiger charge is -2.51. The standard InChI is InChI=1S/C14H26N2O4/c1-5-16(8-7-12(17)18)13(19)15-10-9-11(20-6-2)14(10,3)4/h10-11H,5-9H2,1-4H3,(H,15,19)(H,17,18). The molecule has 6 nitrogen and oxygen atoms in total. The Morgan fingerprint density at radius 3 is 2.50 bits per heavy atom. The maximum atomic E-state index is 12.1. The van der Waals surface area contributed by atoms with E-state index in [1.54, 1.807) is 0 Å². The number of rotatable bonds is 7. The maximum absolute atomic E-state index is 12.1. The van der Waals surface area contributed by atoms with Crippen molar-refractivity contribution in [3.8, 4) is 0 Å². The van der Waals surface area contributed by atoms with Gasteiger partial charge in [-0.2, -0.15) is 0 Å². The van der Waals surface area contributed by atoms with Gasteiger partial charge in [0, 0.05) is 31.2 Å². The molecule has 0 aliphatic heterocycles. The lowest BCUT2D eigenvalue weighted by atomic mass is 9.64. The van der Waals surface area contributed by atoms with Crippen LogP contribution in [0.25, 0.3) is 0 Å². The molecule has 0 spiro atoms. The third kappa shape index (κ3) is 3.85. The number of nitrogens with zero attached hydrogens (tertiary/aromatic N) is 1. The van der Waals surface area contributed by atoms with Crippen molar-refractivity contribution < 1.29 is 19.4 Å². The van der Waals surface area contributed by atoms with Crippen LogP contribution in [0.4, 0.5) is 4.79 Å². The normalized spacial score (nSPS) is 23.8. The second-order valence-corrected chi connectivity index (χ2v) is 5.73. The molecule has 2 atom stereocenters. The second kappa shape index (κ2) is 6.92. The number of ether oxygens (including phenoxy) is 1. The highest BCUT2D eigenvalue weighted by Crippen LogP contribution is 2.42. The lowest BCUT2D eigenvalue weighted by molar-refractivity contribution is -0.137. The van der Waals surface area contributed by atoms with Gasteiger partial charge in [-0.1, -0.05) is 13.8 Å². The molecule has 0 radical (unpaired) electrons. The van der Waals surface area contributed by atoms with Crippen molar-refractivity contribution in [2.75, 3.05) is 19.7 Å². The smallest absolute Gasteiger partial charge is 0.317 e. The van der Waals surface area contributed by atoms with Gasteiger partial charge in [0.25, 0.3) is 0 Å². The number of nitrogens with one attached hydrogen (secondary N) is 1. The van der Waals surface area contributed by atoms with Crippen LogP contribution in [0.2, 0.25) is 0 Å². The highest BCUT2D eigenvalue weighted by molar-refractivity contribution is 5.75. The third-order valence-corrected chi connectivity index (χ3v) is 4.11. The van der Waals surface area contributed by atoms with Gasteiger partial charge in [0.2, 0.25) is 0 Å². The molecule has 2 N–H and O–H groups in total. The molecule has 116 valence electrons. The Kier molecular flexibility index (Phi) is 5.80. The Morgan fingerprint density at radius 2 is 2.05 bits per heavy atom. The number of hydrogen-bond acceptors (Lipinski definition) is 3. The number of amides is 2. The SMILES string of the molecule is CCOC1CC(NC(=O)N(CC)CCC(=O)O)C1(C)C. The van der Waals surface area contributed by atoms with Crippen LogP contribution >= 0.6 is 0 Å². The predicted molar refractivity (Wildman–Crippen MR) is 75.6 cm³/mol. The van der Waals surface area contributed by atoms with E-state index < -0.39 is 5.97 Å². The summed E-state index contributed by atoms with van der Waals surface area (Å²) in [5, 5.41) is 11.7. The van der Waals surface area contributed by atoms with Crippen molar-refractivity contribution in [3.05, 3.63) is 0 Å². The molecule has 0 bridgehead atoms. The van der Waals surface area contributed by atoms with Gasteiger partial charge in [-0.05, 0) is 20.3 Å². The Balaban J connectivity index is 2.47. The second-order valence-electron chi connectivity index (χ2n) is 5.73. The van der Waals surface area contributed by atoms with Gasteiger partial charge in [-0.25, -0.2) is 4.79 Å². The quantitative estimate of drug-likeness (QED) is 0.746. The molecule has 0 aromatic carbocycles. The van der Waals surface area contributed by atoms with Crippen LogP contribution in [0.3, 0.4) is 0 Å². The van der Waals surface area contributed by atoms with Gasteiger partial charge in [0.05, 0.1) is 12.5 Å². The molecular formula is C14H26N2O4. The summed E-state index contributed by atoms with van der Waals surface area (Å²) in [5.41, 5.74) is -0.0854. The number of carbonyl (C=O) groups is 2. The molecule has 1 rings (SSSR count). The fraction of sp³-hybridized carbons (Fsp3) is 0.857. The molecule has 0 aromatic heterocycles. The van der Waals surface area contributed by atoms with Crippen molar-refractivity contribution >= 4 is 12.0 Å². The molecule has 0 aromatic rings. The van der Waals surface area contributed by atoms with Crippen LogP contribution in [0.15, 0.2) is 0 Å². The van der Waals surface area contributed by atoms with Gasteiger partial charge in [-0.3, -0.25) is 4.79 Å². The van der Waals surface area contributed by atoms with Crippen LogP contribution in [0, 0.1) is 5.41 Å². The zero-order valence-electron chi connectivity index (χ0n) is 12.8. The highest BCUT2D eigenvalue weighted by atomic mass is 16.5. The third-order valence-electron chi connectivity index (χ3n) is 4.11. The van der Waals surface area contributed by atoms with E-state index in [1.807, 2.05) is 13.8 Å². The number of urea groups is 1. The van der Waals surface area contributed by atoms with Gasteiger partial charge in [-0.15, -0.1) is 0 Å². The van der Waals surface area contributed by atoms with Gasteiger partial charge < -0.3 is 20.1 Å². The lowest BCUT2D eigenvalue weighted by Crippen LogP contribution is -2.63. The van der Waals surface area contributed by atoms with E-state index >= 15 is 0 Å². The van der Waals surface area contributed by atoms with E-state index in [-0.39, 0.29) is 36.6 Å². The van der Waals surface area contributed by atoms with Crippen molar-refractivity contribution in [1.29, 1.82) is 0 Å². The molecule has 0 heterocycles. The predicted octanol–water partition coefficient (Wildman–Crippen LogP) is 1.70. The molecule has 1 aliphatic rings. The summed E-state index contributed by atoms with van der Waals surface area (Å²) >= 11 is 0. The molecule has 0 saturated heterocycles. The molecule has 2 unspecified atom stereocenters. The first-order chi connectivity index (χ1) is 9.32. The van der Waals surface area contributed by atoms with Crippen LogP contribution in [0.5, 0.6) is 0 Å². The van der Waals surface area contributed by atoms with E-state index in [0.29, 0.717) is 13.2 Å². The van der Waals surface area contributed by atoms with Gasteiger partial charge in [0.15, 0.2) is 0 Å². The first-order valence-electron chi connectivity index (χ1n) is 7.21. The Bertz CT molecular complexity index is 357. The number of aliphatic carboxylic acids is 1. The largest absolute Gasteiger partial charge is 0.481 e. The number of carboxylic acid groups (broad SMARTS) is 1. The van der Waals surface area contributed by atoms with Crippen LogP contribution in [0.1, 0.15) is 40.5 Å². The monoisotopic (exact) mass is 286 g/mol. The fourth-order valence-electron chi connectivity index (χ4n) is 2.49. The van der Waals surface area contributed by atoms with E-state index in [0.717, 1.165) is 6.42 Å². The van der Waals surface area contributed by atoms with E-state index in [4.69, 9.17) is 9.84 Å². The van der Waals surface area contributed by atoms with Crippen molar-refractivity contribution in [2.24, 2.45) is 5.41 Å². The van der Waals surface area contributed by atoms with Crippen molar-refractivity contribution in [2.45, 2.75) is 52.7 Å². The molecular weight excluding hydrogens is 260 g/mol. The molecule has 2 amide bonds. The molecule has 1 fully saturated rings. The summed E-state index contributed by atoms with van der Waals surface area (Å²) < 4.78 is 5.63. The zero-order chi connectivity index (χ0) is 15.3. The highest BCUT2D eigenvalue weighted by Gasteiger charge is 2.49. The summed E-state index contributed by atoms with van der Waals surface area (Å²) in [6, 6.07) is -0.118. The summed E-state index contributed by atoms with van der Waals surface area (Å²) in [7, 11) is 0. The topological polar surface area (TPSA) is 78.9 Å². The summed E-state index contributed by atoms with van der Waals surface area (Å²) in [5.74, 6) is -0.892. The fourth-order valence-corrected chi connectivity index (χ4v) is 2.49. The minimum Gasteiger partial charge on any atom is -0.481 e. The van der Waals surface area contributed by atoms with Crippen LogP contribution in [-0.2, 0) is 9.53 Å². The van der Waals surface area contributed by atoms with Crippen LogP contribution < -0.4 is 5.32 Å². The molecule has 6 heteroatoms. The molecule has 1 aliphatic carbocycles. The summed E-state index contributed by atoms with van der Waals surface area (Å²) in [6.07, 6.45) is 0.951. The Morgan fingerprint density at radius 1 is 1.40 bits per heavy atom. The average Bonchev–Trinajstić information content (AvgIpc) is 2.38. The summed E-state index contributed by atoms with van der Waals surface area (Å²) in [6.45, 7) is 9.38. The van der Waals surface area contributed by atoms with E-state index in [2.05, 4.69) is 19.2 Å². The minimum absolute atomic E-state index is 0.0309. The van der Waals surface area contributed by atoms with Crippen molar-refractivity contribution in [3.63, 3.8) is 0 Å². The Hall–Kier alpha value is -1.30. The van der Waals surface area contributed by atoms with E-state index in [1.165, 1.54) is 4.90 Å². The Labute approximate surface area is 120 Å². The number of carboxylic acids is 1. The first kappa shape index (κ1) is 16.8. The minimum atomic E-state index is -0.892. The van der Waals surface area contributed by atoms with Crippen molar-refractivity contribution in [1.82, 2.24) is 10.2 Å². The zero-order valence-corrected chi connectivity index (χ0v) is 12.8. The average molecular weight is 286 g/mol. The summed E-state index contributed by atoms with van der Waals surface area (Å²) in [4.78, 5) is 24.2. The van der Waals surface area contributed by atoms with Gasteiger partial charge in [0.1, 0.15) is 0 Å². The maximum Gasteiger partial charge on any atom is 0.317 e. The van der Waals surface area contributed by atoms with E-state index in [9.17, 15) is 9.59 Å². The molecule has 20 heavy (non-hydrogen) atoms.